The molecule has 0 spiro atoms. The molecule has 0 aromatic rings. The van der Waals surface area contributed by atoms with Crippen LogP contribution in [0.25, 0.3) is 0 Å². The van der Waals surface area contributed by atoms with Gasteiger partial charge in [0.05, 0.1) is 19.3 Å². The molecule has 2 unspecified atom stereocenters. The number of hydrogen-bond acceptors (Lipinski definition) is 3. The molecule has 1 rings (SSSR count). The fourth-order valence-electron chi connectivity index (χ4n) is 1.69. The molecule has 0 saturated carbocycles. The summed E-state index contributed by atoms with van der Waals surface area (Å²) in [6, 6.07) is -0.284. The van der Waals surface area contributed by atoms with Crippen molar-refractivity contribution >= 4 is 5.91 Å². The van der Waals surface area contributed by atoms with Gasteiger partial charge in [-0.05, 0) is 19.3 Å². The van der Waals surface area contributed by atoms with Crippen molar-refractivity contribution in [1.29, 1.82) is 0 Å². The van der Waals surface area contributed by atoms with E-state index in [0.717, 1.165) is 19.3 Å². The van der Waals surface area contributed by atoms with Crippen LogP contribution in [0, 0.1) is 5.92 Å². The van der Waals surface area contributed by atoms with E-state index >= 15 is 0 Å². The van der Waals surface area contributed by atoms with Gasteiger partial charge < -0.3 is 15.2 Å². The predicted molar refractivity (Wildman–Crippen MR) is 57.4 cm³/mol. The summed E-state index contributed by atoms with van der Waals surface area (Å²) in [4.78, 5) is 11.7. The zero-order valence-electron chi connectivity index (χ0n) is 9.11. The van der Waals surface area contributed by atoms with E-state index in [9.17, 15) is 4.79 Å². The van der Waals surface area contributed by atoms with Gasteiger partial charge in [0.2, 0.25) is 5.91 Å². The van der Waals surface area contributed by atoms with Crippen molar-refractivity contribution in [3.8, 4) is 0 Å². The first-order valence-electron chi connectivity index (χ1n) is 5.33. The summed E-state index contributed by atoms with van der Waals surface area (Å²) in [7, 11) is 1.55. The lowest BCUT2D eigenvalue weighted by Gasteiger charge is -2.21. The first kappa shape index (κ1) is 12.2. The summed E-state index contributed by atoms with van der Waals surface area (Å²) in [5, 5.41) is 11.8. The third-order valence-corrected chi connectivity index (χ3v) is 2.57. The van der Waals surface area contributed by atoms with E-state index in [-0.39, 0.29) is 24.5 Å². The van der Waals surface area contributed by atoms with Crippen LogP contribution in [0.15, 0.2) is 12.2 Å². The summed E-state index contributed by atoms with van der Waals surface area (Å²) in [5.41, 5.74) is 0. The van der Waals surface area contributed by atoms with Crippen molar-refractivity contribution in [2.75, 3.05) is 20.3 Å². The van der Waals surface area contributed by atoms with Crippen LogP contribution in [0.2, 0.25) is 0 Å². The SMILES string of the molecule is COCC(CO)NC(=O)C1CC=CCC1. The van der Waals surface area contributed by atoms with Crippen LogP contribution in [-0.2, 0) is 9.53 Å². The Balaban J connectivity index is 2.35. The van der Waals surface area contributed by atoms with Crippen molar-refractivity contribution in [3.05, 3.63) is 12.2 Å². The number of nitrogens with one attached hydrogen (secondary N) is 1. The minimum Gasteiger partial charge on any atom is -0.394 e. The average Bonchev–Trinajstić information content (AvgIpc) is 2.29. The van der Waals surface area contributed by atoms with Gasteiger partial charge in [-0.3, -0.25) is 4.79 Å². The maximum absolute atomic E-state index is 11.7. The Morgan fingerprint density at radius 1 is 1.67 bits per heavy atom. The minimum atomic E-state index is -0.284. The minimum absolute atomic E-state index is 0.0236. The highest BCUT2D eigenvalue weighted by Crippen LogP contribution is 2.18. The largest absolute Gasteiger partial charge is 0.394 e. The molecule has 4 nitrogen and oxygen atoms in total. The highest BCUT2D eigenvalue weighted by Gasteiger charge is 2.21. The van der Waals surface area contributed by atoms with E-state index in [4.69, 9.17) is 9.84 Å². The number of hydrogen-bond donors (Lipinski definition) is 2. The van der Waals surface area contributed by atoms with Crippen molar-refractivity contribution in [3.63, 3.8) is 0 Å². The second-order valence-electron chi connectivity index (χ2n) is 3.82. The normalized spacial score (nSPS) is 22.4. The number of allylic oxidation sites excluding steroid dienone is 2. The smallest absolute Gasteiger partial charge is 0.223 e. The lowest BCUT2D eigenvalue weighted by molar-refractivity contribution is -0.126. The quantitative estimate of drug-likeness (QED) is 0.652. The van der Waals surface area contributed by atoms with Gasteiger partial charge in [0.1, 0.15) is 0 Å². The molecule has 2 atom stereocenters. The molecule has 0 heterocycles. The van der Waals surface area contributed by atoms with Gasteiger partial charge in [-0.1, -0.05) is 12.2 Å². The van der Waals surface area contributed by atoms with Crippen LogP contribution < -0.4 is 5.32 Å². The average molecular weight is 213 g/mol. The summed E-state index contributed by atoms with van der Waals surface area (Å²) in [5.74, 6) is 0.0800. The molecule has 0 radical (unpaired) electrons. The number of methoxy groups -OCH3 is 1. The van der Waals surface area contributed by atoms with Gasteiger partial charge >= 0.3 is 0 Å². The molecule has 0 bridgehead atoms. The number of rotatable bonds is 5. The Morgan fingerprint density at radius 2 is 2.47 bits per heavy atom. The molecule has 0 aromatic heterocycles. The molecule has 4 heteroatoms. The van der Waals surface area contributed by atoms with E-state index in [1.54, 1.807) is 7.11 Å². The van der Waals surface area contributed by atoms with Gasteiger partial charge in [-0.15, -0.1) is 0 Å². The molecule has 0 aliphatic heterocycles. The summed E-state index contributed by atoms with van der Waals surface area (Å²) in [6.07, 6.45) is 6.80. The highest BCUT2D eigenvalue weighted by atomic mass is 16.5. The summed E-state index contributed by atoms with van der Waals surface area (Å²) in [6.45, 7) is 0.271. The third kappa shape index (κ3) is 4.01. The van der Waals surface area contributed by atoms with Crippen molar-refractivity contribution in [2.24, 2.45) is 5.92 Å². The molecule has 2 N–H and O–H groups in total. The van der Waals surface area contributed by atoms with E-state index in [0.29, 0.717) is 6.61 Å². The molecule has 15 heavy (non-hydrogen) atoms. The van der Waals surface area contributed by atoms with Gasteiger partial charge in [0.25, 0.3) is 0 Å². The maximum Gasteiger partial charge on any atom is 0.223 e. The van der Waals surface area contributed by atoms with Crippen molar-refractivity contribution in [2.45, 2.75) is 25.3 Å². The Kier molecular flexibility index (Phi) is 5.36. The molecule has 1 amide bonds. The zero-order valence-corrected chi connectivity index (χ0v) is 9.11. The maximum atomic E-state index is 11.7. The van der Waals surface area contributed by atoms with E-state index in [2.05, 4.69) is 11.4 Å². The van der Waals surface area contributed by atoms with Crippen LogP contribution >= 0.6 is 0 Å². The fourth-order valence-corrected chi connectivity index (χ4v) is 1.69. The van der Waals surface area contributed by atoms with Gasteiger partial charge in [0, 0.05) is 13.0 Å². The first-order chi connectivity index (χ1) is 7.27. The van der Waals surface area contributed by atoms with E-state index in [1.807, 2.05) is 6.08 Å². The fraction of sp³-hybridized carbons (Fsp3) is 0.727. The topological polar surface area (TPSA) is 58.6 Å². The van der Waals surface area contributed by atoms with Crippen molar-refractivity contribution in [1.82, 2.24) is 5.32 Å². The van der Waals surface area contributed by atoms with Crippen LogP contribution in [0.5, 0.6) is 0 Å². The first-order valence-corrected chi connectivity index (χ1v) is 5.33. The monoisotopic (exact) mass is 213 g/mol. The molecule has 1 aliphatic carbocycles. The Bertz CT molecular complexity index is 228. The van der Waals surface area contributed by atoms with Gasteiger partial charge in [-0.2, -0.15) is 0 Å². The molecule has 1 aliphatic rings. The molecular formula is C11H19NO3. The summed E-state index contributed by atoms with van der Waals surface area (Å²) < 4.78 is 4.89. The Labute approximate surface area is 90.3 Å². The van der Waals surface area contributed by atoms with Crippen LogP contribution in [-0.4, -0.2) is 37.4 Å². The third-order valence-electron chi connectivity index (χ3n) is 2.57. The van der Waals surface area contributed by atoms with E-state index < -0.39 is 0 Å². The molecular weight excluding hydrogens is 194 g/mol. The predicted octanol–water partition coefficient (Wildman–Crippen LogP) is 0.466. The number of aliphatic hydroxyl groups excluding tert-OH is 1. The van der Waals surface area contributed by atoms with E-state index in [1.165, 1.54) is 0 Å². The summed E-state index contributed by atoms with van der Waals surface area (Å²) >= 11 is 0. The molecule has 86 valence electrons. The van der Waals surface area contributed by atoms with Crippen LogP contribution in [0.4, 0.5) is 0 Å². The Hall–Kier alpha value is -0.870. The number of amides is 1. The second kappa shape index (κ2) is 6.58. The second-order valence-corrected chi connectivity index (χ2v) is 3.82. The highest BCUT2D eigenvalue weighted by molar-refractivity contribution is 5.79. The molecule has 0 fully saturated rings. The number of carbonyl (C=O) groups is 1. The molecule has 0 saturated heterocycles. The van der Waals surface area contributed by atoms with Crippen LogP contribution in [0.1, 0.15) is 19.3 Å². The Morgan fingerprint density at radius 3 is 3.00 bits per heavy atom. The number of aliphatic hydroxyl groups is 1. The zero-order chi connectivity index (χ0) is 11.1. The lowest BCUT2D eigenvalue weighted by Crippen LogP contribution is -2.43. The van der Waals surface area contributed by atoms with Crippen LogP contribution in [0.3, 0.4) is 0 Å². The van der Waals surface area contributed by atoms with Gasteiger partial charge in [0.15, 0.2) is 0 Å². The number of carbonyl (C=O) groups excluding carboxylic acids is 1. The molecule has 0 aromatic carbocycles. The number of ether oxygens (including phenoxy) is 1. The van der Waals surface area contributed by atoms with Crippen molar-refractivity contribution < 1.29 is 14.6 Å². The van der Waals surface area contributed by atoms with Gasteiger partial charge in [-0.25, -0.2) is 0 Å². The standard InChI is InChI=1S/C11H19NO3/c1-15-8-10(7-13)12-11(14)9-5-3-2-4-6-9/h2-3,9-10,13H,4-8H2,1H3,(H,12,14). The lowest BCUT2D eigenvalue weighted by atomic mass is 9.93.